The van der Waals surface area contributed by atoms with Crippen LogP contribution in [0.2, 0.25) is 0 Å². The topological polar surface area (TPSA) is 37.4 Å². The van der Waals surface area contributed by atoms with Crippen LogP contribution in [0.1, 0.15) is 25.6 Å². The summed E-state index contributed by atoms with van der Waals surface area (Å²) in [4.78, 5) is 8.00. The van der Waals surface area contributed by atoms with Crippen LogP contribution in [0.3, 0.4) is 0 Å². The first-order valence-corrected chi connectivity index (χ1v) is 8.05. The minimum Gasteiger partial charge on any atom is -0.374 e. The fourth-order valence-electron chi connectivity index (χ4n) is 2.57. The van der Waals surface area contributed by atoms with E-state index in [0.29, 0.717) is 12.1 Å². The van der Waals surface area contributed by atoms with Crippen LogP contribution < -0.4 is 5.32 Å². The van der Waals surface area contributed by atoms with E-state index < -0.39 is 0 Å². The third kappa shape index (κ3) is 4.24. The second-order valence-corrected chi connectivity index (χ2v) is 6.30. The quantitative estimate of drug-likeness (QED) is 0.863. The molecule has 2 atom stereocenters. The van der Waals surface area contributed by atoms with Crippen molar-refractivity contribution >= 4 is 11.3 Å². The number of likely N-dealkylation sites (N-methyl/N-ethyl adjacent to an activating group) is 1. The number of morpholine rings is 1. The summed E-state index contributed by atoms with van der Waals surface area (Å²) in [6.07, 6.45) is 3.26. The Bertz CT molecular complexity index is 356. The maximum Gasteiger partial charge on any atom is 0.0858 e. The van der Waals surface area contributed by atoms with Crippen molar-refractivity contribution in [3.63, 3.8) is 0 Å². The van der Waals surface area contributed by atoms with E-state index in [1.165, 1.54) is 4.88 Å². The van der Waals surface area contributed by atoms with Gasteiger partial charge in [-0.15, -0.1) is 11.3 Å². The first-order chi connectivity index (χ1) is 9.20. The highest BCUT2D eigenvalue weighted by atomic mass is 32.1. The second kappa shape index (κ2) is 7.33. The van der Waals surface area contributed by atoms with Crippen molar-refractivity contribution in [3.05, 3.63) is 16.6 Å². The Morgan fingerprint density at radius 1 is 1.58 bits per heavy atom. The molecule has 0 radical (unpaired) electrons. The summed E-state index contributed by atoms with van der Waals surface area (Å²) in [5.41, 5.74) is 1.90. The summed E-state index contributed by atoms with van der Waals surface area (Å²) in [6.45, 7) is 10.6. The van der Waals surface area contributed by atoms with Gasteiger partial charge in [0.2, 0.25) is 0 Å². The molecular weight excluding hydrogens is 258 g/mol. The molecule has 2 rings (SSSR count). The number of hydrogen-bond acceptors (Lipinski definition) is 5. The summed E-state index contributed by atoms with van der Waals surface area (Å²) < 4.78 is 6.00. The van der Waals surface area contributed by atoms with Crippen LogP contribution in [0.5, 0.6) is 0 Å². The predicted molar refractivity (Wildman–Crippen MR) is 79.7 cm³/mol. The van der Waals surface area contributed by atoms with E-state index in [2.05, 4.69) is 36.0 Å². The van der Waals surface area contributed by atoms with Gasteiger partial charge in [0.15, 0.2) is 0 Å². The molecule has 0 amide bonds. The zero-order valence-corrected chi connectivity index (χ0v) is 12.9. The third-order valence-electron chi connectivity index (χ3n) is 3.67. The Kier molecular flexibility index (Phi) is 5.76. The van der Waals surface area contributed by atoms with Gasteiger partial charge in [0.25, 0.3) is 0 Å². The van der Waals surface area contributed by atoms with E-state index in [4.69, 9.17) is 4.74 Å². The molecule has 0 aliphatic carbocycles. The van der Waals surface area contributed by atoms with E-state index in [0.717, 1.165) is 32.7 Å². The van der Waals surface area contributed by atoms with E-state index >= 15 is 0 Å². The van der Waals surface area contributed by atoms with Crippen molar-refractivity contribution in [1.29, 1.82) is 0 Å². The molecule has 0 bridgehead atoms. The van der Waals surface area contributed by atoms with Crippen LogP contribution >= 0.6 is 11.3 Å². The molecule has 1 aromatic rings. The minimum atomic E-state index is 0.276. The fraction of sp³-hybridized carbons (Fsp3) is 0.786. The number of nitrogens with one attached hydrogen (secondary N) is 1. The summed E-state index contributed by atoms with van der Waals surface area (Å²) in [5.74, 6) is 0. The Morgan fingerprint density at radius 3 is 3.05 bits per heavy atom. The van der Waals surface area contributed by atoms with E-state index in [-0.39, 0.29) is 6.10 Å². The highest BCUT2D eigenvalue weighted by molar-refractivity contribution is 7.09. The van der Waals surface area contributed by atoms with Crippen LogP contribution in [0.25, 0.3) is 0 Å². The second-order valence-electron chi connectivity index (χ2n) is 5.33. The molecule has 2 heterocycles. The van der Waals surface area contributed by atoms with E-state index in [1.807, 2.05) is 11.7 Å². The van der Waals surface area contributed by atoms with Gasteiger partial charge in [0.05, 0.1) is 18.2 Å². The molecule has 108 valence electrons. The van der Waals surface area contributed by atoms with Crippen LogP contribution in [0.15, 0.2) is 11.7 Å². The van der Waals surface area contributed by atoms with Crippen molar-refractivity contribution in [1.82, 2.24) is 15.2 Å². The Morgan fingerprint density at radius 2 is 2.42 bits per heavy atom. The van der Waals surface area contributed by atoms with Crippen LogP contribution in [-0.2, 0) is 11.2 Å². The number of hydrogen-bond donors (Lipinski definition) is 1. The molecular formula is C14H25N3OS. The highest BCUT2D eigenvalue weighted by Gasteiger charge is 2.29. The Hall–Kier alpha value is -0.490. The predicted octanol–water partition coefficient (Wildman–Crippen LogP) is 1.77. The average molecular weight is 283 g/mol. The molecule has 0 aromatic carbocycles. The van der Waals surface area contributed by atoms with Gasteiger partial charge < -0.3 is 10.1 Å². The first-order valence-electron chi connectivity index (χ1n) is 7.17. The molecule has 0 saturated carbocycles. The van der Waals surface area contributed by atoms with Crippen molar-refractivity contribution in [2.24, 2.45) is 0 Å². The van der Waals surface area contributed by atoms with Crippen LogP contribution in [0.4, 0.5) is 0 Å². The number of ether oxygens (including phenoxy) is 1. The number of rotatable bonds is 6. The summed E-state index contributed by atoms with van der Waals surface area (Å²) in [6, 6.07) is 0.976. The molecule has 0 spiro atoms. The van der Waals surface area contributed by atoms with Crippen molar-refractivity contribution in [2.45, 2.75) is 45.4 Å². The van der Waals surface area contributed by atoms with Crippen molar-refractivity contribution < 1.29 is 4.74 Å². The Labute approximate surface area is 120 Å². The maximum absolute atomic E-state index is 6.00. The molecule has 1 aliphatic rings. The maximum atomic E-state index is 6.00. The number of thiazole rings is 1. The molecule has 19 heavy (non-hydrogen) atoms. The summed E-state index contributed by atoms with van der Waals surface area (Å²) in [7, 11) is 0. The summed E-state index contributed by atoms with van der Waals surface area (Å²) in [5, 5.41) is 3.58. The fourth-order valence-corrected chi connectivity index (χ4v) is 3.22. The molecule has 1 N–H and O–H groups in total. The van der Waals surface area contributed by atoms with Crippen molar-refractivity contribution in [2.75, 3.05) is 26.2 Å². The molecule has 2 unspecified atom stereocenters. The monoisotopic (exact) mass is 283 g/mol. The van der Waals surface area contributed by atoms with Gasteiger partial charge in [0.1, 0.15) is 0 Å². The zero-order chi connectivity index (χ0) is 13.7. The van der Waals surface area contributed by atoms with Gasteiger partial charge in [-0.25, -0.2) is 0 Å². The molecule has 1 aromatic heterocycles. The van der Waals surface area contributed by atoms with Gasteiger partial charge in [-0.1, -0.05) is 6.92 Å². The third-order valence-corrected chi connectivity index (χ3v) is 4.48. The smallest absolute Gasteiger partial charge is 0.0858 e. The number of aromatic nitrogens is 1. The molecule has 4 nitrogen and oxygen atoms in total. The van der Waals surface area contributed by atoms with Gasteiger partial charge in [-0.05, 0) is 20.4 Å². The van der Waals surface area contributed by atoms with Crippen LogP contribution in [0, 0.1) is 0 Å². The van der Waals surface area contributed by atoms with Gasteiger partial charge in [-0.3, -0.25) is 9.88 Å². The molecule has 1 fully saturated rings. The van der Waals surface area contributed by atoms with Gasteiger partial charge >= 0.3 is 0 Å². The lowest BCUT2D eigenvalue weighted by Gasteiger charge is -2.39. The van der Waals surface area contributed by atoms with Gasteiger partial charge in [0, 0.05) is 42.7 Å². The lowest BCUT2D eigenvalue weighted by molar-refractivity contribution is -0.0549. The standard InChI is InChI=1S/C14H25N3OS/c1-4-16-13(7-12-8-15-10-19-12)14-9-17(11(2)3)5-6-18-14/h8,10-11,13-14,16H,4-7,9H2,1-3H3. The summed E-state index contributed by atoms with van der Waals surface area (Å²) >= 11 is 1.73. The lowest BCUT2D eigenvalue weighted by Crippen LogP contribution is -2.54. The Balaban J connectivity index is 1.97. The largest absolute Gasteiger partial charge is 0.374 e. The highest BCUT2D eigenvalue weighted by Crippen LogP contribution is 2.17. The van der Waals surface area contributed by atoms with Crippen molar-refractivity contribution in [3.8, 4) is 0 Å². The average Bonchev–Trinajstić information content (AvgIpc) is 2.91. The molecule has 5 heteroatoms. The van der Waals surface area contributed by atoms with Gasteiger partial charge in [-0.2, -0.15) is 0 Å². The van der Waals surface area contributed by atoms with Crippen LogP contribution in [-0.4, -0.2) is 54.3 Å². The number of nitrogens with zero attached hydrogens (tertiary/aromatic N) is 2. The minimum absolute atomic E-state index is 0.276. The molecule has 1 aliphatic heterocycles. The first kappa shape index (κ1) is 14.9. The van der Waals surface area contributed by atoms with E-state index in [9.17, 15) is 0 Å². The van der Waals surface area contributed by atoms with E-state index in [1.54, 1.807) is 11.3 Å². The SMILES string of the molecule is CCNC(Cc1cncs1)C1CN(C(C)C)CCO1. The zero-order valence-electron chi connectivity index (χ0n) is 12.1. The lowest BCUT2D eigenvalue weighted by atomic mass is 10.0. The molecule has 1 saturated heterocycles. The normalized spacial score (nSPS) is 22.8.